The van der Waals surface area contributed by atoms with E-state index in [0.29, 0.717) is 11.3 Å². The molecule has 0 fully saturated rings. The molecule has 0 aliphatic rings. The van der Waals surface area contributed by atoms with Gasteiger partial charge in [-0.1, -0.05) is 42.5 Å². The Balaban J connectivity index is 2.11. The van der Waals surface area contributed by atoms with E-state index < -0.39 is 0 Å². The van der Waals surface area contributed by atoms with Gasteiger partial charge in [0.15, 0.2) is 5.78 Å². The van der Waals surface area contributed by atoms with Crippen LogP contribution in [0, 0.1) is 0 Å². The van der Waals surface area contributed by atoms with E-state index in [0.717, 1.165) is 11.1 Å². The molecule has 0 heterocycles. The number of benzene rings is 2. The highest BCUT2D eigenvalue weighted by atomic mass is 16.1. The lowest BCUT2D eigenvalue weighted by atomic mass is 10.1. The van der Waals surface area contributed by atoms with Crippen LogP contribution in [0.3, 0.4) is 0 Å². The quantitative estimate of drug-likeness (QED) is 0.681. The van der Waals surface area contributed by atoms with Gasteiger partial charge in [-0.15, -0.1) is 0 Å². The second-order valence-corrected chi connectivity index (χ2v) is 4.82. The third-order valence-corrected chi connectivity index (χ3v) is 3.11. The first-order chi connectivity index (χ1) is 10.1. The fourth-order valence-electron chi connectivity index (χ4n) is 1.98. The average molecular weight is 279 g/mol. The summed E-state index contributed by atoms with van der Waals surface area (Å²) in [7, 11) is 0. The molecule has 106 valence electrons. The third-order valence-electron chi connectivity index (χ3n) is 3.11. The molecule has 0 aliphatic heterocycles. The van der Waals surface area contributed by atoms with Crippen molar-refractivity contribution < 1.29 is 9.59 Å². The van der Waals surface area contributed by atoms with E-state index in [4.69, 9.17) is 0 Å². The van der Waals surface area contributed by atoms with Crippen molar-refractivity contribution in [3.8, 4) is 0 Å². The van der Waals surface area contributed by atoms with Crippen LogP contribution < -0.4 is 5.32 Å². The van der Waals surface area contributed by atoms with E-state index in [2.05, 4.69) is 5.32 Å². The number of nitrogens with one attached hydrogen (secondary N) is 1. The Bertz CT molecular complexity index is 687. The number of anilines is 1. The highest BCUT2D eigenvalue weighted by Crippen LogP contribution is 2.14. The molecule has 1 N–H and O–H groups in total. The molecule has 21 heavy (non-hydrogen) atoms. The highest BCUT2D eigenvalue weighted by Gasteiger charge is 2.04. The number of amides is 1. The molecule has 0 aliphatic carbocycles. The van der Waals surface area contributed by atoms with Gasteiger partial charge in [-0.2, -0.15) is 0 Å². The number of hydrogen-bond donors (Lipinski definition) is 1. The Labute approximate surface area is 124 Å². The van der Waals surface area contributed by atoms with Crippen molar-refractivity contribution in [3.63, 3.8) is 0 Å². The lowest BCUT2D eigenvalue weighted by Gasteiger charge is -2.05. The smallest absolute Gasteiger partial charge is 0.248 e. The van der Waals surface area contributed by atoms with Crippen LogP contribution in [-0.4, -0.2) is 11.7 Å². The number of rotatable bonds is 4. The van der Waals surface area contributed by atoms with E-state index >= 15 is 0 Å². The van der Waals surface area contributed by atoms with E-state index in [1.54, 1.807) is 30.3 Å². The normalized spacial score (nSPS) is 11.0. The fraction of sp³-hybridized carbons (Fsp3) is 0.111. The predicted molar refractivity (Wildman–Crippen MR) is 85.2 cm³/mol. The Hall–Kier alpha value is -2.68. The molecule has 0 bridgehead atoms. The summed E-state index contributed by atoms with van der Waals surface area (Å²) in [4.78, 5) is 23.3. The summed E-state index contributed by atoms with van der Waals surface area (Å²) in [6, 6.07) is 16.6. The molecule has 0 atom stereocenters. The van der Waals surface area contributed by atoms with Crippen LogP contribution in [0.2, 0.25) is 0 Å². The van der Waals surface area contributed by atoms with Gasteiger partial charge in [0, 0.05) is 17.3 Å². The molecule has 0 saturated carbocycles. The second kappa shape index (κ2) is 6.66. The SMILES string of the molecule is CC(=O)c1cccc(NC(=O)/C=C(\C)c2ccccc2)c1. The molecule has 0 saturated heterocycles. The summed E-state index contributed by atoms with van der Waals surface area (Å²) >= 11 is 0. The number of Topliss-reactive ketones (excluding diaryl/α,β-unsaturated/α-hetero) is 1. The monoisotopic (exact) mass is 279 g/mol. The first-order valence-electron chi connectivity index (χ1n) is 6.72. The summed E-state index contributed by atoms with van der Waals surface area (Å²) in [6.45, 7) is 3.39. The fourth-order valence-corrected chi connectivity index (χ4v) is 1.98. The second-order valence-electron chi connectivity index (χ2n) is 4.82. The van der Waals surface area contributed by atoms with Crippen LogP contribution in [0.5, 0.6) is 0 Å². The van der Waals surface area contributed by atoms with Crippen LogP contribution in [0.25, 0.3) is 5.57 Å². The maximum Gasteiger partial charge on any atom is 0.248 e. The van der Waals surface area contributed by atoms with Crippen LogP contribution in [0.4, 0.5) is 5.69 Å². The molecule has 2 aromatic carbocycles. The van der Waals surface area contributed by atoms with Gasteiger partial charge in [0.2, 0.25) is 5.91 Å². The van der Waals surface area contributed by atoms with Gasteiger partial charge < -0.3 is 5.32 Å². The summed E-state index contributed by atoms with van der Waals surface area (Å²) in [5.41, 5.74) is 3.09. The van der Waals surface area contributed by atoms with E-state index in [9.17, 15) is 9.59 Å². The van der Waals surface area contributed by atoms with Gasteiger partial charge in [-0.05, 0) is 37.1 Å². The number of carbonyl (C=O) groups excluding carboxylic acids is 2. The minimum atomic E-state index is -0.211. The Morgan fingerprint density at radius 1 is 0.905 bits per heavy atom. The van der Waals surface area contributed by atoms with Gasteiger partial charge in [-0.3, -0.25) is 9.59 Å². The van der Waals surface area contributed by atoms with E-state index in [-0.39, 0.29) is 11.7 Å². The summed E-state index contributed by atoms with van der Waals surface area (Å²) in [6.07, 6.45) is 1.55. The lowest BCUT2D eigenvalue weighted by Crippen LogP contribution is -2.09. The minimum absolute atomic E-state index is 0.0258. The third kappa shape index (κ3) is 4.14. The molecule has 3 heteroatoms. The van der Waals surface area contributed by atoms with E-state index in [1.165, 1.54) is 6.92 Å². The minimum Gasteiger partial charge on any atom is -0.322 e. The van der Waals surface area contributed by atoms with Crippen molar-refractivity contribution in [2.75, 3.05) is 5.32 Å². The van der Waals surface area contributed by atoms with Crippen LogP contribution >= 0.6 is 0 Å². The molecule has 3 nitrogen and oxygen atoms in total. The Morgan fingerprint density at radius 2 is 1.57 bits per heavy atom. The molecule has 0 spiro atoms. The van der Waals surface area contributed by atoms with Gasteiger partial charge in [0.25, 0.3) is 0 Å². The van der Waals surface area contributed by atoms with Crippen molar-refractivity contribution in [3.05, 3.63) is 71.8 Å². The number of hydrogen-bond acceptors (Lipinski definition) is 2. The van der Waals surface area contributed by atoms with E-state index in [1.807, 2.05) is 37.3 Å². The van der Waals surface area contributed by atoms with Gasteiger partial charge in [0.1, 0.15) is 0 Å². The number of allylic oxidation sites excluding steroid dienone is 1. The molecule has 0 radical (unpaired) electrons. The Morgan fingerprint density at radius 3 is 2.24 bits per heavy atom. The van der Waals surface area contributed by atoms with Crippen molar-refractivity contribution in [1.29, 1.82) is 0 Å². The van der Waals surface area contributed by atoms with Crippen molar-refractivity contribution in [1.82, 2.24) is 0 Å². The van der Waals surface area contributed by atoms with Crippen LogP contribution in [0.1, 0.15) is 29.8 Å². The lowest BCUT2D eigenvalue weighted by molar-refractivity contribution is -0.111. The van der Waals surface area contributed by atoms with Crippen molar-refractivity contribution in [2.45, 2.75) is 13.8 Å². The van der Waals surface area contributed by atoms with Crippen LogP contribution in [-0.2, 0) is 4.79 Å². The molecular weight excluding hydrogens is 262 g/mol. The van der Waals surface area contributed by atoms with Gasteiger partial charge >= 0.3 is 0 Å². The molecule has 1 amide bonds. The summed E-state index contributed by atoms with van der Waals surface area (Å²) in [5, 5.41) is 2.77. The standard InChI is InChI=1S/C18H17NO2/c1-13(15-7-4-3-5-8-15)11-18(21)19-17-10-6-9-16(12-17)14(2)20/h3-12H,1-2H3,(H,19,21)/b13-11+. The first kappa shape index (κ1) is 14.7. The molecule has 0 aromatic heterocycles. The Kier molecular flexibility index (Phi) is 4.67. The molecule has 2 rings (SSSR count). The predicted octanol–water partition coefficient (Wildman–Crippen LogP) is 3.93. The van der Waals surface area contributed by atoms with Gasteiger partial charge in [0.05, 0.1) is 0 Å². The zero-order chi connectivity index (χ0) is 15.2. The average Bonchev–Trinajstić information content (AvgIpc) is 2.48. The van der Waals surface area contributed by atoms with Gasteiger partial charge in [-0.25, -0.2) is 0 Å². The molecule has 0 unspecified atom stereocenters. The van der Waals surface area contributed by atoms with Crippen LogP contribution in [0.15, 0.2) is 60.7 Å². The zero-order valence-corrected chi connectivity index (χ0v) is 12.1. The van der Waals surface area contributed by atoms with Crippen molar-refractivity contribution in [2.24, 2.45) is 0 Å². The van der Waals surface area contributed by atoms with Crippen molar-refractivity contribution >= 4 is 23.0 Å². The number of carbonyl (C=O) groups is 2. The topological polar surface area (TPSA) is 46.2 Å². The maximum absolute atomic E-state index is 12.0. The zero-order valence-electron chi connectivity index (χ0n) is 12.1. The largest absolute Gasteiger partial charge is 0.322 e. The molecular formula is C18H17NO2. The highest BCUT2D eigenvalue weighted by molar-refractivity contribution is 6.04. The summed E-state index contributed by atoms with van der Waals surface area (Å²) < 4.78 is 0. The summed E-state index contributed by atoms with van der Waals surface area (Å²) in [5.74, 6) is -0.237. The molecule has 2 aromatic rings. The number of ketones is 1. The first-order valence-corrected chi connectivity index (χ1v) is 6.72. The maximum atomic E-state index is 12.0.